The fourth-order valence-corrected chi connectivity index (χ4v) is 5.59. The van der Waals surface area contributed by atoms with E-state index in [4.69, 9.17) is 4.74 Å². The van der Waals surface area contributed by atoms with Gasteiger partial charge < -0.3 is 14.6 Å². The average molecular weight is 467 g/mol. The van der Waals surface area contributed by atoms with Gasteiger partial charge in [-0.1, -0.05) is 78.9 Å². The lowest BCUT2D eigenvalue weighted by atomic mass is 9.83. The lowest BCUT2D eigenvalue weighted by molar-refractivity contribution is 0.0512. The molecule has 0 aliphatic carbocycles. The van der Waals surface area contributed by atoms with E-state index in [-0.39, 0.29) is 11.9 Å². The molecule has 35 heavy (non-hydrogen) atoms. The Morgan fingerprint density at radius 2 is 1.63 bits per heavy atom. The number of ether oxygens (including phenoxy) is 1. The zero-order valence-electron chi connectivity index (χ0n) is 20.5. The fourth-order valence-electron chi connectivity index (χ4n) is 5.59. The molecule has 4 aromatic rings. The molecule has 4 heteroatoms. The van der Waals surface area contributed by atoms with Crippen LogP contribution in [0, 0.1) is 5.92 Å². The van der Waals surface area contributed by atoms with Gasteiger partial charge in [0, 0.05) is 28.9 Å². The van der Waals surface area contributed by atoms with E-state index in [2.05, 4.69) is 82.7 Å². The summed E-state index contributed by atoms with van der Waals surface area (Å²) in [6, 6.07) is 29.5. The minimum atomic E-state index is -0.238. The van der Waals surface area contributed by atoms with Gasteiger partial charge in [-0.05, 0) is 62.4 Å². The number of hydrogen-bond donors (Lipinski definition) is 1. The lowest BCUT2D eigenvalue weighted by Crippen LogP contribution is -2.17. The third-order valence-corrected chi connectivity index (χ3v) is 7.19. The molecule has 180 valence electrons. The molecule has 1 atom stereocenters. The Morgan fingerprint density at radius 3 is 2.26 bits per heavy atom. The van der Waals surface area contributed by atoms with Gasteiger partial charge in [-0.3, -0.25) is 0 Å². The van der Waals surface area contributed by atoms with Crippen molar-refractivity contribution in [2.75, 3.05) is 19.7 Å². The minimum Gasteiger partial charge on any atom is -0.461 e. The first kappa shape index (κ1) is 23.4. The summed E-state index contributed by atoms with van der Waals surface area (Å²) in [7, 11) is 0. The molecule has 0 radical (unpaired) electrons. The van der Waals surface area contributed by atoms with Crippen LogP contribution in [0.4, 0.5) is 0 Å². The van der Waals surface area contributed by atoms with Crippen molar-refractivity contribution in [3.8, 4) is 0 Å². The van der Waals surface area contributed by atoms with Crippen molar-refractivity contribution in [3.63, 3.8) is 0 Å². The van der Waals surface area contributed by atoms with Crippen LogP contribution in [0.15, 0.2) is 84.9 Å². The summed E-state index contributed by atoms with van der Waals surface area (Å²) in [5.74, 6) is 0.420. The van der Waals surface area contributed by atoms with Crippen LogP contribution >= 0.6 is 0 Å². The van der Waals surface area contributed by atoms with Gasteiger partial charge in [-0.25, -0.2) is 4.79 Å². The number of rotatable bonds is 9. The van der Waals surface area contributed by atoms with Crippen LogP contribution in [0.2, 0.25) is 0 Å². The normalized spacial score (nSPS) is 15.7. The van der Waals surface area contributed by atoms with E-state index in [0.29, 0.717) is 12.3 Å². The number of carbonyl (C=O) groups is 1. The molecule has 5 rings (SSSR count). The number of carbonyl (C=O) groups excluding carboxylic acids is 1. The van der Waals surface area contributed by atoms with Crippen LogP contribution in [0.1, 0.15) is 59.3 Å². The summed E-state index contributed by atoms with van der Waals surface area (Å²) >= 11 is 0. The van der Waals surface area contributed by atoms with Gasteiger partial charge in [0.2, 0.25) is 0 Å². The summed E-state index contributed by atoms with van der Waals surface area (Å²) in [5, 5.41) is 4.59. The first-order valence-electron chi connectivity index (χ1n) is 12.9. The van der Waals surface area contributed by atoms with Crippen LogP contribution in [-0.4, -0.2) is 30.2 Å². The van der Waals surface area contributed by atoms with Crippen LogP contribution in [-0.2, 0) is 11.3 Å². The zero-order valence-corrected chi connectivity index (χ0v) is 20.5. The van der Waals surface area contributed by atoms with E-state index in [1.165, 1.54) is 17.5 Å². The molecular formula is C31H34N2O2. The highest BCUT2D eigenvalue weighted by atomic mass is 16.5. The van der Waals surface area contributed by atoms with E-state index in [1.807, 2.05) is 19.1 Å². The van der Waals surface area contributed by atoms with Crippen molar-refractivity contribution in [2.45, 2.75) is 38.6 Å². The van der Waals surface area contributed by atoms with Gasteiger partial charge in [-0.15, -0.1) is 0 Å². The average Bonchev–Trinajstić information content (AvgIpc) is 3.53. The molecule has 1 aliphatic rings. The van der Waals surface area contributed by atoms with Gasteiger partial charge in [0.05, 0.1) is 6.61 Å². The number of esters is 1. The number of aromatic nitrogens is 1. The number of fused-ring (bicyclic) bond motifs is 1. The van der Waals surface area contributed by atoms with Crippen molar-refractivity contribution < 1.29 is 9.53 Å². The second kappa shape index (κ2) is 10.9. The van der Waals surface area contributed by atoms with Crippen molar-refractivity contribution in [1.29, 1.82) is 0 Å². The topological polar surface area (TPSA) is 43.3 Å². The predicted molar refractivity (Wildman–Crippen MR) is 142 cm³/mol. The van der Waals surface area contributed by atoms with Crippen molar-refractivity contribution in [3.05, 3.63) is 107 Å². The second-order valence-electron chi connectivity index (χ2n) is 9.41. The number of nitrogens with zero attached hydrogens (tertiary/aromatic N) is 1. The smallest absolute Gasteiger partial charge is 0.355 e. The Hall–Kier alpha value is -3.37. The third-order valence-electron chi connectivity index (χ3n) is 7.19. The highest BCUT2D eigenvalue weighted by Gasteiger charge is 2.30. The molecule has 0 saturated carbocycles. The van der Waals surface area contributed by atoms with Gasteiger partial charge >= 0.3 is 5.97 Å². The Kier molecular flexibility index (Phi) is 7.29. The van der Waals surface area contributed by atoms with Gasteiger partial charge in [0.15, 0.2) is 0 Å². The maximum atomic E-state index is 13.6. The van der Waals surface area contributed by atoms with E-state index >= 15 is 0 Å². The van der Waals surface area contributed by atoms with Crippen LogP contribution < -0.4 is 5.32 Å². The first-order valence-corrected chi connectivity index (χ1v) is 12.9. The second-order valence-corrected chi connectivity index (χ2v) is 9.41. The van der Waals surface area contributed by atoms with Crippen LogP contribution in [0.3, 0.4) is 0 Å². The van der Waals surface area contributed by atoms with Gasteiger partial charge in [0.1, 0.15) is 5.69 Å². The molecule has 3 aromatic carbocycles. The SMILES string of the molecule is CCOC(=O)c1c(C(c2ccccc2)c2ccccc2)c2ccccc2n1CCCC1CCNC1. The molecular weight excluding hydrogens is 432 g/mol. The Bertz CT molecular complexity index is 1220. The monoisotopic (exact) mass is 466 g/mol. The van der Waals surface area contributed by atoms with Crippen molar-refractivity contribution >= 4 is 16.9 Å². The highest BCUT2D eigenvalue weighted by Crippen LogP contribution is 2.40. The molecule has 2 heterocycles. The standard InChI is InChI=1S/C31H34N2O2/c1-2-35-31(34)30-29(28(24-13-5-3-6-14-24)25-15-7-4-8-16-25)26-17-9-10-18-27(26)33(30)21-11-12-23-19-20-32-22-23/h3-10,13-18,23,28,32H,2,11-12,19-22H2,1H3. The fraction of sp³-hybridized carbons (Fsp3) is 0.323. The molecule has 1 aromatic heterocycles. The van der Waals surface area contributed by atoms with Crippen LogP contribution in [0.25, 0.3) is 10.9 Å². The molecule has 0 bridgehead atoms. The molecule has 1 aliphatic heterocycles. The highest BCUT2D eigenvalue weighted by molar-refractivity contribution is 6.00. The molecule has 0 amide bonds. The first-order chi connectivity index (χ1) is 17.3. The summed E-state index contributed by atoms with van der Waals surface area (Å²) in [6.45, 7) is 5.26. The van der Waals surface area contributed by atoms with E-state index < -0.39 is 0 Å². The maximum absolute atomic E-state index is 13.6. The molecule has 1 fully saturated rings. The maximum Gasteiger partial charge on any atom is 0.355 e. The number of aryl methyl sites for hydroxylation is 1. The number of benzene rings is 3. The number of hydrogen-bond acceptors (Lipinski definition) is 3. The molecule has 1 N–H and O–H groups in total. The van der Waals surface area contributed by atoms with Crippen molar-refractivity contribution in [2.24, 2.45) is 5.92 Å². The third kappa shape index (κ3) is 4.89. The van der Waals surface area contributed by atoms with Crippen LogP contribution in [0.5, 0.6) is 0 Å². The van der Waals surface area contributed by atoms with E-state index in [9.17, 15) is 4.79 Å². The minimum absolute atomic E-state index is 0.0676. The number of para-hydroxylation sites is 1. The summed E-state index contributed by atoms with van der Waals surface area (Å²) in [5.41, 5.74) is 5.18. The number of nitrogens with one attached hydrogen (secondary N) is 1. The summed E-state index contributed by atoms with van der Waals surface area (Å²) < 4.78 is 7.90. The largest absolute Gasteiger partial charge is 0.461 e. The Labute approximate surface area is 207 Å². The quantitative estimate of drug-likeness (QED) is 0.291. The van der Waals surface area contributed by atoms with Crippen molar-refractivity contribution in [1.82, 2.24) is 9.88 Å². The molecule has 4 nitrogen and oxygen atoms in total. The predicted octanol–water partition coefficient (Wildman–Crippen LogP) is 6.39. The molecule has 0 spiro atoms. The summed E-state index contributed by atoms with van der Waals surface area (Å²) in [6.07, 6.45) is 3.45. The summed E-state index contributed by atoms with van der Waals surface area (Å²) in [4.78, 5) is 13.6. The van der Waals surface area contributed by atoms with Gasteiger partial charge in [0.25, 0.3) is 0 Å². The molecule has 1 unspecified atom stereocenters. The van der Waals surface area contributed by atoms with E-state index in [0.717, 1.165) is 54.9 Å². The molecule has 1 saturated heterocycles. The Balaban J connectivity index is 1.68. The zero-order chi connectivity index (χ0) is 24.0. The lowest BCUT2D eigenvalue weighted by Gasteiger charge is -2.20. The Morgan fingerprint density at radius 1 is 0.971 bits per heavy atom. The van der Waals surface area contributed by atoms with E-state index in [1.54, 1.807) is 0 Å². The van der Waals surface area contributed by atoms with Gasteiger partial charge in [-0.2, -0.15) is 0 Å².